The molecule has 1 heterocycles. The molecule has 0 radical (unpaired) electrons. The van der Waals surface area contributed by atoms with Crippen LogP contribution in [0.3, 0.4) is 0 Å². The van der Waals surface area contributed by atoms with Crippen LogP contribution in [0.5, 0.6) is 0 Å². The number of aliphatic imine (C=N–C) groups is 1. The summed E-state index contributed by atoms with van der Waals surface area (Å²) in [7, 11) is 1.22. The summed E-state index contributed by atoms with van der Waals surface area (Å²) < 4.78 is 31.4. The average molecular weight is 411 g/mol. The molecule has 1 fully saturated rings. The number of esters is 1. The number of rotatable bonds is 6. The van der Waals surface area contributed by atoms with E-state index in [1.165, 1.54) is 18.4 Å². The third-order valence-corrected chi connectivity index (χ3v) is 6.71. The quantitative estimate of drug-likeness (QED) is 0.432. The lowest BCUT2D eigenvalue weighted by atomic mass is 9.97. The molecule has 0 spiro atoms. The highest BCUT2D eigenvalue weighted by atomic mass is 32.2. The van der Waals surface area contributed by atoms with Crippen molar-refractivity contribution in [3.8, 4) is 0 Å². The van der Waals surface area contributed by atoms with Gasteiger partial charge in [-0.3, -0.25) is 9.79 Å². The summed E-state index contributed by atoms with van der Waals surface area (Å²) in [6.45, 7) is 3.94. The van der Waals surface area contributed by atoms with Gasteiger partial charge < -0.3 is 15.0 Å². The van der Waals surface area contributed by atoms with E-state index >= 15 is 0 Å². The molecule has 28 heavy (non-hydrogen) atoms. The predicted octanol–water partition coefficient (Wildman–Crippen LogP) is 1.29. The Morgan fingerprint density at radius 1 is 1.29 bits per heavy atom. The normalized spacial score (nSPS) is 16.3. The zero-order chi connectivity index (χ0) is 20.7. The summed E-state index contributed by atoms with van der Waals surface area (Å²) >= 11 is 0. The van der Waals surface area contributed by atoms with E-state index in [9.17, 15) is 13.2 Å². The number of sulfonamides is 1. The van der Waals surface area contributed by atoms with Crippen LogP contribution in [-0.2, 0) is 26.1 Å². The predicted molar refractivity (Wildman–Crippen MR) is 108 cm³/mol. The Hall–Kier alpha value is -2.13. The molecule has 1 aromatic rings. The Bertz CT molecular complexity index is 800. The van der Waals surface area contributed by atoms with Crippen molar-refractivity contribution < 1.29 is 17.9 Å². The Kier molecular flexibility index (Phi) is 7.82. The number of benzene rings is 1. The topological polar surface area (TPSA) is 91.3 Å². The molecule has 1 aromatic carbocycles. The first-order valence-corrected chi connectivity index (χ1v) is 10.9. The second-order valence-corrected chi connectivity index (χ2v) is 8.93. The summed E-state index contributed by atoms with van der Waals surface area (Å²) in [5, 5.41) is 3.25. The molecular formula is C19H30N4O4S. The highest BCUT2D eigenvalue weighted by Gasteiger charge is 2.27. The molecular weight excluding hydrogens is 380 g/mol. The molecule has 2 rings (SSSR count). The molecule has 0 amide bonds. The van der Waals surface area contributed by atoms with E-state index in [0.717, 1.165) is 0 Å². The molecule has 1 N–H and O–H groups in total. The fourth-order valence-corrected chi connectivity index (χ4v) is 4.31. The van der Waals surface area contributed by atoms with E-state index in [1.807, 2.05) is 13.0 Å². The molecule has 1 aliphatic heterocycles. The number of hydrogen-bond donors (Lipinski definition) is 1. The van der Waals surface area contributed by atoms with Crippen molar-refractivity contribution in [1.29, 1.82) is 0 Å². The molecule has 0 atom stereocenters. The highest BCUT2D eigenvalue weighted by Crippen LogP contribution is 2.20. The van der Waals surface area contributed by atoms with Crippen molar-refractivity contribution in [2.75, 3.05) is 40.8 Å². The number of hydrogen-bond acceptors (Lipinski definition) is 5. The number of piperidine rings is 1. The molecule has 156 valence electrons. The average Bonchev–Trinajstić information content (AvgIpc) is 2.69. The van der Waals surface area contributed by atoms with E-state index in [0.29, 0.717) is 50.6 Å². The Morgan fingerprint density at radius 2 is 1.93 bits per heavy atom. The summed E-state index contributed by atoms with van der Waals surface area (Å²) in [5.41, 5.74) is 0.679. The lowest BCUT2D eigenvalue weighted by molar-refractivity contribution is -0.149. The Labute approximate surface area is 167 Å². The molecule has 0 bridgehead atoms. The lowest BCUT2D eigenvalue weighted by Crippen LogP contribution is -2.46. The first kappa shape index (κ1) is 22.2. The smallest absolute Gasteiger partial charge is 0.309 e. The van der Waals surface area contributed by atoms with E-state index < -0.39 is 10.0 Å². The fraction of sp³-hybridized carbons (Fsp3) is 0.579. The van der Waals surface area contributed by atoms with Gasteiger partial charge in [-0.05, 0) is 31.4 Å². The van der Waals surface area contributed by atoms with Gasteiger partial charge in [-0.25, -0.2) is 12.7 Å². The van der Waals surface area contributed by atoms with Crippen LogP contribution in [-0.4, -0.2) is 70.4 Å². The maximum atomic E-state index is 12.5. The number of likely N-dealkylation sites (tertiary alicyclic amines) is 1. The molecule has 0 unspecified atom stereocenters. The van der Waals surface area contributed by atoms with Crippen molar-refractivity contribution in [2.24, 2.45) is 10.9 Å². The largest absolute Gasteiger partial charge is 0.466 e. The van der Waals surface area contributed by atoms with Crippen LogP contribution in [0.15, 0.2) is 34.2 Å². The zero-order valence-corrected chi connectivity index (χ0v) is 17.8. The zero-order valence-electron chi connectivity index (χ0n) is 17.0. The van der Waals surface area contributed by atoms with Gasteiger partial charge in [-0.15, -0.1) is 0 Å². The summed E-state index contributed by atoms with van der Waals surface area (Å²) in [6.07, 6.45) is 1.43. The first-order valence-electron chi connectivity index (χ1n) is 9.44. The van der Waals surface area contributed by atoms with Crippen LogP contribution < -0.4 is 5.32 Å². The maximum Gasteiger partial charge on any atom is 0.309 e. The summed E-state index contributed by atoms with van der Waals surface area (Å²) in [4.78, 5) is 18.6. The Balaban J connectivity index is 2.02. The van der Waals surface area contributed by atoms with Crippen LogP contribution in [0.1, 0.15) is 25.3 Å². The van der Waals surface area contributed by atoms with Crippen LogP contribution >= 0.6 is 0 Å². The third kappa shape index (κ3) is 5.23. The van der Waals surface area contributed by atoms with Gasteiger partial charge in [-0.1, -0.05) is 18.2 Å². The van der Waals surface area contributed by atoms with Gasteiger partial charge in [0.1, 0.15) is 0 Å². The van der Waals surface area contributed by atoms with Gasteiger partial charge in [-0.2, -0.15) is 0 Å². The van der Waals surface area contributed by atoms with Crippen LogP contribution in [0, 0.1) is 5.92 Å². The van der Waals surface area contributed by atoms with E-state index in [4.69, 9.17) is 4.74 Å². The van der Waals surface area contributed by atoms with Gasteiger partial charge in [0.15, 0.2) is 5.96 Å². The molecule has 0 saturated carbocycles. The first-order chi connectivity index (χ1) is 13.3. The number of carbonyl (C=O) groups is 1. The van der Waals surface area contributed by atoms with E-state index in [-0.39, 0.29) is 16.8 Å². The fourth-order valence-electron chi connectivity index (χ4n) is 3.19. The minimum absolute atomic E-state index is 0.0692. The van der Waals surface area contributed by atoms with Gasteiger partial charge in [0.2, 0.25) is 10.0 Å². The molecule has 0 aromatic heterocycles. The SMILES string of the molecule is CCOC(=O)C1CCN(C(=NC)NCc2ccccc2S(=O)(=O)N(C)C)CC1. The van der Waals surface area contributed by atoms with Crippen molar-refractivity contribution in [3.63, 3.8) is 0 Å². The van der Waals surface area contributed by atoms with Gasteiger partial charge in [0, 0.05) is 40.8 Å². The second kappa shape index (κ2) is 9.88. The minimum Gasteiger partial charge on any atom is -0.466 e. The molecule has 8 nitrogen and oxygen atoms in total. The summed E-state index contributed by atoms with van der Waals surface area (Å²) in [5.74, 6) is 0.493. The van der Waals surface area contributed by atoms with Crippen molar-refractivity contribution in [3.05, 3.63) is 29.8 Å². The number of carbonyl (C=O) groups excluding carboxylic acids is 1. The van der Waals surface area contributed by atoms with Crippen LogP contribution in [0.4, 0.5) is 0 Å². The van der Waals surface area contributed by atoms with Crippen molar-refractivity contribution in [1.82, 2.24) is 14.5 Å². The molecule has 1 saturated heterocycles. The van der Waals surface area contributed by atoms with E-state index in [2.05, 4.69) is 15.2 Å². The van der Waals surface area contributed by atoms with Gasteiger partial charge in [0.25, 0.3) is 0 Å². The highest BCUT2D eigenvalue weighted by molar-refractivity contribution is 7.89. The monoisotopic (exact) mass is 410 g/mol. The summed E-state index contributed by atoms with van der Waals surface area (Å²) in [6, 6.07) is 6.94. The number of nitrogens with one attached hydrogen (secondary N) is 1. The number of ether oxygens (including phenoxy) is 1. The lowest BCUT2D eigenvalue weighted by Gasteiger charge is -2.33. The van der Waals surface area contributed by atoms with Crippen molar-refractivity contribution >= 4 is 22.0 Å². The minimum atomic E-state index is -3.52. The maximum absolute atomic E-state index is 12.5. The van der Waals surface area contributed by atoms with Gasteiger partial charge in [0.05, 0.1) is 17.4 Å². The Morgan fingerprint density at radius 3 is 2.50 bits per heavy atom. The van der Waals surface area contributed by atoms with Gasteiger partial charge >= 0.3 is 5.97 Å². The molecule has 1 aliphatic rings. The van der Waals surface area contributed by atoms with Crippen LogP contribution in [0.2, 0.25) is 0 Å². The molecule has 0 aliphatic carbocycles. The molecule has 9 heteroatoms. The standard InChI is InChI=1S/C19H30N4O4S/c1-5-27-18(24)15-10-12-23(13-11-15)19(20-2)21-14-16-8-6-7-9-17(16)28(25,26)22(3)4/h6-9,15H,5,10-14H2,1-4H3,(H,20,21). The van der Waals surface area contributed by atoms with E-state index in [1.54, 1.807) is 25.2 Å². The van der Waals surface area contributed by atoms with Crippen LogP contribution in [0.25, 0.3) is 0 Å². The number of guanidine groups is 1. The third-order valence-electron chi connectivity index (χ3n) is 4.79. The second-order valence-electron chi connectivity index (χ2n) is 6.81. The number of nitrogens with zero attached hydrogens (tertiary/aromatic N) is 3. The van der Waals surface area contributed by atoms with Crippen molar-refractivity contribution in [2.45, 2.75) is 31.2 Å².